The van der Waals surface area contributed by atoms with Gasteiger partial charge in [0, 0.05) is 13.1 Å². The van der Waals surface area contributed by atoms with Crippen molar-refractivity contribution in [1.82, 2.24) is 15.1 Å². The third-order valence-corrected chi connectivity index (χ3v) is 2.62. The Morgan fingerprint density at radius 1 is 1.27 bits per heavy atom. The average molecular weight is 207 g/mol. The van der Waals surface area contributed by atoms with Crippen LogP contribution in [0.3, 0.4) is 0 Å². The first kappa shape index (κ1) is 10.2. The summed E-state index contributed by atoms with van der Waals surface area (Å²) in [4.78, 5) is 2.46. The van der Waals surface area contributed by atoms with Gasteiger partial charge in [-0.2, -0.15) is 0 Å². The monoisotopic (exact) mass is 207 g/mol. The molecule has 0 radical (unpaired) electrons. The fourth-order valence-corrected chi connectivity index (χ4v) is 1.79. The Hall–Kier alpha value is -1.36. The van der Waals surface area contributed by atoms with Crippen LogP contribution in [-0.4, -0.2) is 41.3 Å². The van der Waals surface area contributed by atoms with Gasteiger partial charge in [0.15, 0.2) is 0 Å². The number of nitrogens with one attached hydrogen (secondary N) is 1. The Kier molecular flexibility index (Phi) is 3.34. The maximum atomic E-state index is 5.45. The van der Waals surface area contributed by atoms with Crippen molar-refractivity contribution in [1.29, 1.82) is 0 Å². The van der Waals surface area contributed by atoms with Crippen LogP contribution >= 0.6 is 0 Å². The van der Waals surface area contributed by atoms with Crippen LogP contribution in [0.2, 0.25) is 0 Å². The van der Waals surface area contributed by atoms with Gasteiger partial charge in [0.1, 0.15) is 11.6 Å². The van der Waals surface area contributed by atoms with Crippen molar-refractivity contribution in [2.45, 2.75) is 12.8 Å². The average Bonchev–Trinajstić information content (AvgIpc) is 2.74. The molecule has 1 aliphatic heterocycles. The smallest absolute Gasteiger partial charge is 0.148 e. The molecule has 0 bridgehead atoms. The van der Waals surface area contributed by atoms with Crippen molar-refractivity contribution in [2.75, 3.05) is 37.2 Å². The van der Waals surface area contributed by atoms with Gasteiger partial charge in [0.05, 0.1) is 0 Å². The van der Waals surface area contributed by atoms with Crippen LogP contribution in [0.5, 0.6) is 0 Å². The second-order valence-corrected chi connectivity index (χ2v) is 3.82. The highest BCUT2D eigenvalue weighted by Gasteiger charge is 2.10. The molecule has 0 amide bonds. The van der Waals surface area contributed by atoms with Crippen LogP contribution in [0.25, 0.3) is 0 Å². The molecule has 0 atom stereocenters. The van der Waals surface area contributed by atoms with E-state index in [-0.39, 0.29) is 0 Å². The first-order valence-corrected chi connectivity index (χ1v) is 5.40. The Morgan fingerprint density at radius 3 is 2.73 bits per heavy atom. The summed E-state index contributed by atoms with van der Waals surface area (Å²) in [6, 6.07) is 3.61. The molecule has 1 aromatic rings. The zero-order valence-corrected chi connectivity index (χ0v) is 8.82. The second-order valence-electron chi connectivity index (χ2n) is 3.82. The lowest BCUT2D eigenvalue weighted by Gasteiger charge is -2.14. The molecule has 0 saturated carbocycles. The van der Waals surface area contributed by atoms with E-state index in [1.54, 1.807) is 6.07 Å². The van der Waals surface area contributed by atoms with Crippen molar-refractivity contribution < 1.29 is 0 Å². The normalized spacial score (nSPS) is 16.8. The quantitative estimate of drug-likeness (QED) is 0.755. The zero-order valence-electron chi connectivity index (χ0n) is 8.82. The van der Waals surface area contributed by atoms with Crippen molar-refractivity contribution in [3.63, 3.8) is 0 Å². The molecule has 1 fully saturated rings. The topological polar surface area (TPSA) is 67.1 Å². The maximum Gasteiger partial charge on any atom is 0.148 e. The van der Waals surface area contributed by atoms with Gasteiger partial charge >= 0.3 is 0 Å². The fraction of sp³-hybridized carbons (Fsp3) is 0.600. The molecule has 15 heavy (non-hydrogen) atoms. The van der Waals surface area contributed by atoms with Gasteiger partial charge in [0.2, 0.25) is 0 Å². The highest BCUT2D eigenvalue weighted by molar-refractivity contribution is 5.38. The molecule has 2 rings (SSSR count). The minimum Gasteiger partial charge on any atom is -0.382 e. The van der Waals surface area contributed by atoms with Gasteiger partial charge in [-0.1, -0.05) is 0 Å². The van der Waals surface area contributed by atoms with Crippen molar-refractivity contribution in [2.24, 2.45) is 0 Å². The van der Waals surface area contributed by atoms with E-state index in [1.165, 1.54) is 25.9 Å². The van der Waals surface area contributed by atoms with Gasteiger partial charge in [-0.15, -0.1) is 10.2 Å². The van der Waals surface area contributed by atoms with E-state index in [0.717, 1.165) is 18.9 Å². The lowest BCUT2D eigenvalue weighted by atomic mass is 10.4. The summed E-state index contributed by atoms with van der Waals surface area (Å²) in [7, 11) is 0. The van der Waals surface area contributed by atoms with Gasteiger partial charge in [-0.25, -0.2) is 0 Å². The summed E-state index contributed by atoms with van der Waals surface area (Å²) in [5.74, 6) is 1.25. The van der Waals surface area contributed by atoms with Crippen molar-refractivity contribution >= 4 is 11.6 Å². The molecular formula is C10H17N5. The molecule has 1 saturated heterocycles. The summed E-state index contributed by atoms with van der Waals surface area (Å²) >= 11 is 0. The Balaban J connectivity index is 1.71. The lowest BCUT2D eigenvalue weighted by Crippen LogP contribution is -2.26. The number of rotatable bonds is 4. The number of nitrogens with two attached hydrogens (primary N) is 1. The SMILES string of the molecule is Nc1ccc(NCCN2CCCC2)nn1. The molecule has 0 aromatic carbocycles. The lowest BCUT2D eigenvalue weighted by molar-refractivity contribution is 0.352. The highest BCUT2D eigenvalue weighted by Crippen LogP contribution is 2.07. The third-order valence-electron chi connectivity index (χ3n) is 2.62. The summed E-state index contributed by atoms with van der Waals surface area (Å²) in [6.45, 7) is 4.45. The van der Waals surface area contributed by atoms with Gasteiger partial charge in [0.25, 0.3) is 0 Å². The first-order valence-electron chi connectivity index (χ1n) is 5.40. The van der Waals surface area contributed by atoms with E-state index in [4.69, 9.17) is 5.73 Å². The number of anilines is 2. The Bertz CT molecular complexity index is 291. The van der Waals surface area contributed by atoms with Crippen LogP contribution in [0.1, 0.15) is 12.8 Å². The molecule has 3 N–H and O–H groups in total. The predicted octanol–water partition coefficient (Wildman–Crippen LogP) is 0.566. The fourth-order valence-electron chi connectivity index (χ4n) is 1.79. The minimum absolute atomic E-state index is 0.458. The zero-order chi connectivity index (χ0) is 10.5. The maximum absolute atomic E-state index is 5.45. The largest absolute Gasteiger partial charge is 0.382 e. The van der Waals surface area contributed by atoms with Crippen LogP contribution in [0.4, 0.5) is 11.6 Å². The highest BCUT2D eigenvalue weighted by atomic mass is 15.2. The molecule has 5 heteroatoms. The summed E-state index contributed by atoms with van der Waals surface area (Å²) in [5.41, 5.74) is 5.45. The van der Waals surface area contributed by atoms with Crippen molar-refractivity contribution in [3.05, 3.63) is 12.1 Å². The van der Waals surface area contributed by atoms with Gasteiger partial charge in [-0.3, -0.25) is 0 Å². The molecule has 0 unspecified atom stereocenters. The molecule has 5 nitrogen and oxygen atoms in total. The minimum atomic E-state index is 0.458. The number of aromatic nitrogens is 2. The molecular weight excluding hydrogens is 190 g/mol. The third kappa shape index (κ3) is 3.06. The molecule has 82 valence electrons. The van der Waals surface area contributed by atoms with Crippen molar-refractivity contribution in [3.8, 4) is 0 Å². The van der Waals surface area contributed by atoms with E-state index in [0.29, 0.717) is 5.82 Å². The van der Waals surface area contributed by atoms with Crippen LogP contribution < -0.4 is 11.1 Å². The van der Waals surface area contributed by atoms with E-state index in [9.17, 15) is 0 Å². The second kappa shape index (κ2) is 4.93. The number of hydrogen-bond donors (Lipinski definition) is 2. The predicted molar refractivity (Wildman–Crippen MR) is 60.6 cm³/mol. The molecule has 1 aromatic heterocycles. The summed E-state index contributed by atoms with van der Waals surface area (Å²) < 4.78 is 0. The van der Waals surface area contributed by atoms with E-state index in [1.807, 2.05) is 6.07 Å². The molecule has 0 aliphatic carbocycles. The van der Waals surface area contributed by atoms with Gasteiger partial charge in [-0.05, 0) is 38.1 Å². The Morgan fingerprint density at radius 2 is 2.07 bits per heavy atom. The summed E-state index contributed by atoms with van der Waals surface area (Å²) in [6.07, 6.45) is 2.67. The molecule has 1 aliphatic rings. The van der Waals surface area contributed by atoms with Crippen LogP contribution in [0, 0.1) is 0 Å². The standard InChI is InChI=1S/C10H17N5/c11-9-3-4-10(14-13-9)12-5-8-15-6-1-2-7-15/h3-4H,1-2,5-8H2,(H2,11,13)(H,12,14). The van der Waals surface area contributed by atoms with Crippen LogP contribution in [0.15, 0.2) is 12.1 Å². The van der Waals surface area contributed by atoms with E-state index >= 15 is 0 Å². The summed E-state index contributed by atoms with van der Waals surface area (Å²) in [5, 5.41) is 10.9. The molecule has 0 spiro atoms. The van der Waals surface area contributed by atoms with Gasteiger partial charge < -0.3 is 16.0 Å². The van der Waals surface area contributed by atoms with E-state index in [2.05, 4.69) is 20.4 Å². The number of likely N-dealkylation sites (tertiary alicyclic amines) is 1. The first-order chi connectivity index (χ1) is 7.34. The van der Waals surface area contributed by atoms with E-state index < -0.39 is 0 Å². The molecule has 2 heterocycles. The number of hydrogen-bond acceptors (Lipinski definition) is 5. The Labute approximate surface area is 89.7 Å². The van der Waals surface area contributed by atoms with Crippen LogP contribution in [-0.2, 0) is 0 Å². The number of nitrogen functional groups attached to an aromatic ring is 1. The number of nitrogens with zero attached hydrogens (tertiary/aromatic N) is 3.